The molecule has 0 saturated carbocycles. The van der Waals surface area contributed by atoms with Gasteiger partial charge in [-0.05, 0) is 23.3 Å². The Morgan fingerprint density at radius 2 is 2.38 bits per heavy atom. The van der Waals surface area contributed by atoms with Crippen molar-refractivity contribution in [2.75, 3.05) is 13.7 Å². The molecule has 1 aromatic carbocycles. The van der Waals surface area contributed by atoms with Gasteiger partial charge in [-0.2, -0.15) is 0 Å². The maximum atomic E-state index is 6.14. The molecule has 0 amide bonds. The molecule has 2 rings (SSSR count). The van der Waals surface area contributed by atoms with Gasteiger partial charge in [-0.15, -0.1) is 6.58 Å². The monoisotopic (exact) mass is 219 g/mol. The fourth-order valence-corrected chi connectivity index (χ4v) is 2.09. The van der Waals surface area contributed by atoms with Gasteiger partial charge in [-0.25, -0.2) is 0 Å². The molecule has 86 valence electrons. The molecular weight excluding hydrogens is 202 g/mol. The number of benzene rings is 1. The van der Waals surface area contributed by atoms with Gasteiger partial charge in [0.2, 0.25) is 0 Å². The van der Waals surface area contributed by atoms with Crippen LogP contribution in [0.5, 0.6) is 5.75 Å². The van der Waals surface area contributed by atoms with E-state index in [0.29, 0.717) is 6.61 Å². The van der Waals surface area contributed by atoms with Crippen molar-refractivity contribution < 1.29 is 9.47 Å². The van der Waals surface area contributed by atoms with Gasteiger partial charge in [0.1, 0.15) is 5.75 Å². The van der Waals surface area contributed by atoms with Crippen LogP contribution in [0.2, 0.25) is 0 Å². The molecule has 3 nitrogen and oxygen atoms in total. The quantitative estimate of drug-likeness (QED) is 0.786. The minimum Gasteiger partial charge on any atom is -0.497 e. The first-order chi connectivity index (χ1) is 7.76. The molecule has 1 aliphatic carbocycles. The number of fused-ring (bicyclic) bond motifs is 1. The highest BCUT2D eigenvalue weighted by atomic mass is 16.5. The summed E-state index contributed by atoms with van der Waals surface area (Å²) in [7, 11) is 1.66. The Morgan fingerprint density at radius 3 is 3.06 bits per heavy atom. The van der Waals surface area contributed by atoms with E-state index >= 15 is 0 Å². The van der Waals surface area contributed by atoms with Crippen molar-refractivity contribution >= 4 is 0 Å². The number of rotatable bonds is 4. The topological polar surface area (TPSA) is 44.5 Å². The zero-order valence-electron chi connectivity index (χ0n) is 9.48. The van der Waals surface area contributed by atoms with Gasteiger partial charge in [-0.1, -0.05) is 12.1 Å². The second-order valence-electron chi connectivity index (χ2n) is 3.96. The molecule has 0 unspecified atom stereocenters. The molecule has 16 heavy (non-hydrogen) atoms. The van der Waals surface area contributed by atoms with E-state index in [1.807, 2.05) is 12.1 Å². The van der Waals surface area contributed by atoms with Gasteiger partial charge >= 0.3 is 0 Å². The molecule has 0 bridgehead atoms. The lowest BCUT2D eigenvalue weighted by Gasteiger charge is -2.15. The molecule has 0 heterocycles. The van der Waals surface area contributed by atoms with Crippen LogP contribution >= 0.6 is 0 Å². The van der Waals surface area contributed by atoms with Crippen LogP contribution in [0.4, 0.5) is 0 Å². The van der Waals surface area contributed by atoms with E-state index in [1.54, 1.807) is 13.2 Å². The Kier molecular flexibility index (Phi) is 3.27. The van der Waals surface area contributed by atoms with E-state index in [2.05, 4.69) is 12.6 Å². The molecule has 1 aromatic rings. The summed E-state index contributed by atoms with van der Waals surface area (Å²) in [6.07, 6.45) is 2.67. The van der Waals surface area contributed by atoms with Crippen molar-refractivity contribution in [3.05, 3.63) is 42.0 Å². The van der Waals surface area contributed by atoms with Crippen LogP contribution in [0, 0.1) is 0 Å². The van der Waals surface area contributed by atoms with E-state index in [9.17, 15) is 0 Å². The van der Waals surface area contributed by atoms with Gasteiger partial charge in [0.05, 0.1) is 25.9 Å². The zero-order valence-corrected chi connectivity index (χ0v) is 9.48. The van der Waals surface area contributed by atoms with Gasteiger partial charge in [-0.3, -0.25) is 0 Å². The highest BCUT2D eigenvalue weighted by Crippen LogP contribution is 2.33. The smallest absolute Gasteiger partial charge is 0.119 e. The Hall–Kier alpha value is -1.32. The van der Waals surface area contributed by atoms with Gasteiger partial charge in [0.15, 0.2) is 0 Å². The van der Waals surface area contributed by atoms with Crippen LogP contribution < -0.4 is 10.5 Å². The van der Waals surface area contributed by atoms with Crippen molar-refractivity contribution in [2.24, 2.45) is 5.73 Å². The fraction of sp³-hybridized carbons (Fsp3) is 0.385. The molecule has 0 fully saturated rings. The summed E-state index contributed by atoms with van der Waals surface area (Å²) in [6, 6.07) is 5.95. The average molecular weight is 219 g/mol. The van der Waals surface area contributed by atoms with E-state index in [0.717, 1.165) is 17.7 Å². The lowest BCUT2D eigenvalue weighted by Crippen LogP contribution is -2.25. The number of ether oxygens (including phenoxy) is 2. The van der Waals surface area contributed by atoms with Crippen LogP contribution in [0.25, 0.3) is 0 Å². The molecular formula is C13H17NO2. The fourth-order valence-electron chi connectivity index (χ4n) is 2.09. The maximum Gasteiger partial charge on any atom is 0.119 e. The van der Waals surface area contributed by atoms with E-state index in [4.69, 9.17) is 15.2 Å². The molecule has 2 N–H and O–H groups in total. The first kappa shape index (κ1) is 11.2. The normalized spacial score (nSPS) is 22.9. The Balaban J connectivity index is 2.17. The first-order valence-electron chi connectivity index (χ1n) is 5.41. The molecule has 2 atom stereocenters. The standard InChI is InChI=1S/C13H17NO2/c1-3-6-16-12-7-9-4-5-10(15-2)8-11(9)13(12)14/h3-5,8,12-13H,1,6-7,14H2,2H3/t12-,13-/m1/s1. The van der Waals surface area contributed by atoms with Crippen molar-refractivity contribution in [1.82, 2.24) is 0 Å². The highest BCUT2D eigenvalue weighted by molar-refractivity contribution is 5.42. The Morgan fingerprint density at radius 1 is 1.56 bits per heavy atom. The predicted molar refractivity (Wildman–Crippen MR) is 63.6 cm³/mol. The summed E-state index contributed by atoms with van der Waals surface area (Å²) in [6.45, 7) is 4.18. The molecule has 0 saturated heterocycles. The summed E-state index contributed by atoms with van der Waals surface area (Å²) in [5.74, 6) is 0.846. The summed E-state index contributed by atoms with van der Waals surface area (Å²) in [4.78, 5) is 0. The van der Waals surface area contributed by atoms with Crippen LogP contribution in [0.3, 0.4) is 0 Å². The first-order valence-corrected chi connectivity index (χ1v) is 5.41. The van der Waals surface area contributed by atoms with Crippen LogP contribution in [-0.4, -0.2) is 19.8 Å². The summed E-state index contributed by atoms with van der Waals surface area (Å²) >= 11 is 0. The third-order valence-corrected chi connectivity index (χ3v) is 2.96. The minimum atomic E-state index is -0.0648. The number of hydrogen-bond acceptors (Lipinski definition) is 3. The van der Waals surface area contributed by atoms with Crippen molar-refractivity contribution in [3.8, 4) is 5.75 Å². The molecule has 3 heteroatoms. The van der Waals surface area contributed by atoms with Crippen molar-refractivity contribution in [1.29, 1.82) is 0 Å². The van der Waals surface area contributed by atoms with E-state index in [1.165, 1.54) is 5.56 Å². The van der Waals surface area contributed by atoms with Gasteiger partial charge in [0.25, 0.3) is 0 Å². The highest BCUT2D eigenvalue weighted by Gasteiger charge is 2.30. The third kappa shape index (κ3) is 1.96. The number of hydrogen-bond donors (Lipinski definition) is 1. The Labute approximate surface area is 95.9 Å². The molecule has 0 aromatic heterocycles. The molecule has 0 spiro atoms. The average Bonchev–Trinajstić information content (AvgIpc) is 2.63. The van der Waals surface area contributed by atoms with Crippen molar-refractivity contribution in [3.63, 3.8) is 0 Å². The molecule has 0 aliphatic heterocycles. The Bertz CT molecular complexity index is 390. The van der Waals surface area contributed by atoms with Crippen LogP contribution in [0.15, 0.2) is 30.9 Å². The second-order valence-corrected chi connectivity index (χ2v) is 3.96. The van der Waals surface area contributed by atoms with Crippen LogP contribution in [0.1, 0.15) is 17.2 Å². The van der Waals surface area contributed by atoms with Crippen LogP contribution in [-0.2, 0) is 11.2 Å². The molecule has 1 aliphatic rings. The largest absolute Gasteiger partial charge is 0.497 e. The summed E-state index contributed by atoms with van der Waals surface area (Å²) in [5, 5.41) is 0. The lowest BCUT2D eigenvalue weighted by molar-refractivity contribution is 0.0638. The van der Waals surface area contributed by atoms with E-state index in [-0.39, 0.29) is 12.1 Å². The maximum absolute atomic E-state index is 6.14. The van der Waals surface area contributed by atoms with E-state index < -0.39 is 0 Å². The summed E-state index contributed by atoms with van der Waals surface area (Å²) < 4.78 is 10.8. The zero-order chi connectivity index (χ0) is 11.5. The van der Waals surface area contributed by atoms with Gasteiger partial charge in [0, 0.05) is 6.42 Å². The minimum absolute atomic E-state index is 0.0557. The predicted octanol–water partition coefficient (Wildman–Crippen LogP) is 1.82. The third-order valence-electron chi connectivity index (χ3n) is 2.96. The summed E-state index contributed by atoms with van der Waals surface area (Å²) in [5.41, 5.74) is 8.53. The SMILES string of the molecule is C=CCO[C@@H]1Cc2ccc(OC)cc2[C@H]1N. The van der Waals surface area contributed by atoms with Crippen molar-refractivity contribution in [2.45, 2.75) is 18.6 Å². The number of nitrogens with two attached hydrogens (primary N) is 1. The molecule has 0 radical (unpaired) electrons. The number of methoxy groups -OCH3 is 1. The lowest BCUT2D eigenvalue weighted by atomic mass is 10.1. The van der Waals surface area contributed by atoms with Gasteiger partial charge < -0.3 is 15.2 Å². The second kappa shape index (κ2) is 4.68.